The summed E-state index contributed by atoms with van der Waals surface area (Å²) in [7, 11) is 0. The summed E-state index contributed by atoms with van der Waals surface area (Å²) < 4.78 is 1.19. The first-order chi connectivity index (χ1) is 8.15. The van der Waals surface area contributed by atoms with Crippen LogP contribution in [0.1, 0.15) is 18.4 Å². The summed E-state index contributed by atoms with van der Waals surface area (Å²) in [5.41, 5.74) is 2.01. The van der Waals surface area contributed by atoms with Gasteiger partial charge in [0.25, 0.3) is 0 Å². The molecule has 0 atom stereocenters. The molecule has 2 N–H and O–H groups in total. The standard InChI is InChI=1S/C13H17IN2O/c1-9-6-11(14)4-5-12(9)16-13(17)8-15-7-10-2-3-10/h4-6,10,15H,2-3,7-8H2,1H3,(H,16,17). The Morgan fingerprint density at radius 2 is 2.24 bits per heavy atom. The summed E-state index contributed by atoms with van der Waals surface area (Å²) in [6.45, 7) is 3.39. The van der Waals surface area contributed by atoms with Gasteiger partial charge in [-0.3, -0.25) is 4.79 Å². The van der Waals surface area contributed by atoms with Crippen LogP contribution in [0.5, 0.6) is 0 Å². The number of nitrogens with one attached hydrogen (secondary N) is 2. The van der Waals surface area contributed by atoms with Crippen LogP contribution in [-0.2, 0) is 4.79 Å². The average molecular weight is 344 g/mol. The molecule has 17 heavy (non-hydrogen) atoms. The summed E-state index contributed by atoms with van der Waals surface area (Å²) in [4.78, 5) is 11.7. The van der Waals surface area contributed by atoms with Crippen molar-refractivity contribution in [2.75, 3.05) is 18.4 Å². The van der Waals surface area contributed by atoms with Crippen LogP contribution < -0.4 is 10.6 Å². The molecular weight excluding hydrogens is 327 g/mol. The largest absolute Gasteiger partial charge is 0.325 e. The van der Waals surface area contributed by atoms with Crippen molar-refractivity contribution in [3.8, 4) is 0 Å². The van der Waals surface area contributed by atoms with E-state index in [2.05, 4.69) is 39.3 Å². The van der Waals surface area contributed by atoms with Gasteiger partial charge in [-0.05, 0) is 78.6 Å². The third kappa shape index (κ3) is 4.27. The number of carbonyl (C=O) groups is 1. The first kappa shape index (κ1) is 12.8. The Labute approximate surface area is 116 Å². The lowest BCUT2D eigenvalue weighted by Gasteiger charge is -2.09. The van der Waals surface area contributed by atoms with E-state index in [1.54, 1.807) is 0 Å². The molecule has 3 nitrogen and oxygen atoms in total. The zero-order valence-electron chi connectivity index (χ0n) is 9.92. The van der Waals surface area contributed by atoms with Gasteiger partial charge >= 0.3 is 0 Å². The topological polar surface area (TPSA) is 41.1 Å². The molecule has 1 amide bonds. The minimum absolute atomic E-state index is 0.0370. The summed E-state index contributed by atoms with van der Waals surface area (Å²) >= 11 is 2.27. The maximum atomic E-state index is 11.7. The highest BCUT2D eigenvalue weighted by molar-refractivity contribution is 14.1. The summed E-state index contributed by atoms with van der Waals surface area (Å²) in [5.74, 6) is 0.845. The molecule has 0 radical (unpaired) electrons. The Hall–Kier alpha value is -0.620. The minimum atomic E-state index is 0.0370. The number of anilines is 1. The number of aryl methyl sites for hydroxylation is 1. The van der Waals surface area contributed by atoms with E-state index >= 15 is 0 Å². The van der Waals surface area contributed by atoms with Crippen molar-refractivity contribution in [1.29, 1.82) is 0 Å². The highest BCUT2D eigenvalue weighted by atomic mass is 127. The molecule has 1 aliphatic rings. The minimum Gasteiger partial charge on any atom is -0.325 e. The van der Waals surface area contributed by atoms with Gasteiger partial charge in [-0.2, -0.15) is 0 Å². The maximum absolute atomic E-state index is 11.7. The van der Waals surface area contributed by atoms with E-state index < -0.39 is 0 Å². The van der Waals surface area contributed by atoms with Crippen LogP contribution in [0.15, 0.2) is 18.2 Å². The van der Waals surface area contributed by atoms with Gasteiger partial charge in [-0.1, -0.05) is 0 Å². The zero-order valence-corrected chi connectivity index (χ0v) is 12.1. The molecule has 0 aromatic heterocycles. The first-order valence-corrected chi connectivity index (χ1v) is 7.00. The third-order valence-corrected chi connectivity index (χ3v) is 3.55. The van der Waals surface area contributed by atoms with Crippen molar-refractivity contribution < 1.29 is 4.79 Å². The van der Waals surface area contributed by atoms with Gasteiger partial charge in [0.1, 0.15) is 0 Å². The van der Waals surface area contributed by atoms with Crippen molar-refractivity contribution in [2.45, 2.75) is 19.8 Å². The molecule has 2 rings (SSSR count). The molecular formula is C13H17IN2O. The molecule has 0 aliphatic heterocycles. The molecule has 1 aliphatic carbocycles. The monoisotopic (exact) mass is 344 g/mol. The van der Waals surface area contributed by atoms with Crippen molar-refractivity contribution in [3.63, 3.8) is 0 Å². The van der Waals surface area contributed by atoms with Gasteiger partial charge in [0, 0.05) is 9.26 Å². The van der Waals surface area contributed by atoms with Crippen LogP contribution in [0.2, 0.25) is 0 Å². The van der Waals surface area contributed by atoms with Crippen molar-refractivity contribution >= 4 is 34.2 Å². The molecule has 0 spiro atoms. The molecule has 0 bridgehead atoms. The Kier molecular flexibility index (Phi) is 4.39. The first-order valence-electron chi connectivity index (χ1n) is 5.92. The zero-order chi connectivity index (χ0) is 12.3. The van der Waals surface area contributed by atoms with Gasteiger partial charge < -0.3 is 10.6 Å². The van der Waals surface area contributed by atoms with Gasteiger partial charge in [-0.15, -0.1) is 0 Å². The molecule has 92 valence electrons. The second kappa shape index (κ2) is 5.82. The predicted molar refractivity (Wildman–Crippen MR) is 78.1 cm³/mol. The van der Waals surface area contributed by atoms with E-state index in [-0.39, 0.29) is 5.91 Å². The van der Waals surface area contributed by atoms with E-state index in [1.807, 2.05) is 19.1 Å². The lowest BCUT2D eigenvalue weighted by molar-refractivity contribution is -0.115. The lowest BCUT2D eigenvalue weighted by Crippen LogP contribution is -2.29. The number of carbonyl (C=O) groups excluding carboxylic acids is 1. The van der Waals surface area contributed by atoms with Crippen LogP contribution in [-0.4, -0.2) is 19.0 Å². The normalized spacial score (nSPS) is 14.7. The fraction of sp³-hybridized carbons (Fsp3) is 0.462. The molecule has 0 saturated heterocycles. The van der Waals surface area contributed by atoms with Gasteiger partial charge in [0.15, 0.2) is 0 Å². The molecule has 0 unspecified atom stereocenters. The van der Waals surface area contributed by atoms with Gasteiger partial charge in [0.2, 0.25) is 5.91 Å². The van der Waals surface area contributed by atoms with Crippen molar-refractivity contribution in [3.05, 3.63) is 27.3 Å². The average Bonchev–Trinajstić information content (AvgIpc) is 3.06. The number of hydrogen-bond donors (Lipinski definition) is 2. The Morgan fingerprint density at radius 3 is 2.88 bits per heavy atom. The molecule has 4 heteroatoms. The highest BCUT2D eigenvalue weighted by Crippen LogP contribution is 2.27. The number of amides is 1. The lowest BCUT2D eigenvalue weighted by atomic mass is 10.2. The smallest absolute Gasteiger partial charge is 0.238 e. The Bertz CT molecular complexity index is 416. The summed E-state index contributed by atoms with van der Waals surface area (Å²) in [6.07, 6.45) is 2.62. The van der Waals surface area contributed by atoms with E-state index in [0.717, 1.165) is 23.7 Å². The molecule has 1 saturated carbocycles. The summed E-state index contributed by atoms with van der Waals surface area (Å²) in [5, 5.41) is 6.11. The van der Waals surface area contributed by atoms with Crippen LogP contribution >= 0.6 is 22.6 Å². The van der Waals surface area contributed by atoms with E-state index in [9.17, 15) is 4.79 Å². The second-order valence-electron chi connectivity index (χ2n) is 4.58. The fourth-order valence-corrected chi connectivity index (χ4v) is 2.32. The van der Waals surface area contributed by atoms with Crippen LogP contribution in [0, 0.1) is 16.4 Å². The quantitative estimate of drug-likeness (QED) is 0.806. The van der Waals surface area contributed by atoms with Crippen molar-refractivity contribution in [1.82, 2.24) is 5.32 Å². The second-order valence-corrected chi connectivity index (χ2v) is 5.83. The molecule has 1 fully saturated rings. The predicted octanol–water partition coefficient (Wildman–Crippen LogP) is 2.54. The Balaban J connectivity index is 1.79. The van der Waals surface area contributed by atoms with Crippen LogP contribution in [0.3, 0.4) is 0 Å². The number of benzene rings is 1. The molecule has 0 heterocycles. The van der Waals surface area contributed by atoms with Crippen LogP contribution in [0.25, 0.3) is 0 Å². The molecule has 1 aromatic rings. The van der Waals surface area contributed by atoms with Crippen LogP contribution in [0.4, 0.5) is 5.69 Å². The van der Waals surface area contributed by atoms with Crippen molar-refractivity contribution in [2.24, 2.45) is 5.92 Å². The fourth-order valence-electron chi connectivity index (χ4n) is 1.67. The number of rotatable bonds is 5. The highest BCUT2D eigenvalue weighted by Gasteiger charge is 2.20. The maximum Gasteiger partial charge on any atom is 0.238 e. The van der Waals surface area contributed by atoms with E-state index in [4.69, 9.17) is 0 Å². The number of hydrogen-bond acceptors (Lipinski definition) is 2. The Morgan fingerprint density at radius 1 is 1.47 bits per heavy atom. The number of halogens is 1. The van der Waals surface area contributed by atoms with E-state index in [0.29, 0.717) is 6.54 Å². The third-order valence-electron chi connectivity index (χ3n) is 2.88. The van der Waals surface area contributed by atoms with Gasteiger partial charge in [-0.25, -0.2) is 0 Å². The van der Waals surface area contributed by atoms with E-state index in [1.165, 1.54) is 16.4 Å². The van der Waals surface area contributed by atoms with Gasteiger partial charge in [0.05, 0.1) is 6.54 Å². The SMILES string of the molecule is Cc1cc(I)ccc1NC(=O)CNCC1CC1. The molecule has 1 aromatic carbocycles. The summed E-state index contributed by atoms with van der Waals surface area (Å²) in [6, 6.07) is 6.02.